The number of halogens is 2. The molecule has 0 saturated heterocycles. The molecule has 0 fully saturated rings. The van der Waals surface area contributed by atoms with E-state index in [-0.39, 0.29) is 12.5 Å². The molecule has 0 spiro atoms. The number of amides is 1. The molecule has 2 aromatic carbocycles. The van der Waals surface area contributed by atoms with Crippen molar-refractivity contribution in [3.8, 4) is 0 Å². The van der Waals surface area contributed by atoms with Gasteiger partial charge in [-0.15, -0.1) is 4.48 Å². The minimum Gasteiger partial charge on any atom is -0.335 e. The predicted molar refractivity (Wildman–Crippen MR) is 115 cm³/mol. The zero-order chi connectivity index (χ0) is 19.4. The van der Waals surface area contributed by atoms with Crippen LogP contribution in [0.3, 0.4) is 0 Å². The first-order chi connectivity index (χ1) is 13.0. The van der Waals surface area contributed by atoms with Gasteiger partial charge in [-0.3, -0.25) is 4.79 Å². The number of hydrogen-bond donors (Lipinski definition) is 1. The van der Waals surface area contributed by atoms with Crippen LogP contribution < -0.4 is 5.32 Å². The van der Waals surface area contributed by atoms with Crippen LogP contribution in [0.5, 0.6) is 0 Å². The maximum absolute atomic E-state index is 13.3. The van der Waals surface area contributed by atoms with Gasteiger partial charge in [-0.1, -0.05) is 36.4 Å². The number of para-hydroxylation sites is 2. The highest BCUT2D eigenvalue weighted by Gasteiger charge is 2.17. The quantitative estimate of drug-likeness (QED) is 0.307. The first-order valence-corrected chi connectivity index (χ1v) is 9.68. The lowest BCUT2D eigenvalue weighted by molar-refractivity contribution is -0.116. The second kappa shape index (κ2) is 8.81. The molecule has 0 radical (unpaired) electrons. The number of hydrogen-bond acceptors (Lipinski definition) is 3. The Morgan fingerprint density at radius 2 is 1.81 bits per heavy atom. The zero-order valence-electron chi connectivity index (χ0n) is 15.3. The molecule has 1 N–H and O–H groups in total. The number of nitrogens with zero attached hydrogens (tertiary/aromatic N) is 3. The monoisotopic (exact) mass is 480 g/mol. The van der Waals surface area contributed by atoms with Gasteiger partial charge in [0.2, 0.25) is 5.91 Å². The van der Waals surface area contributed by atoms with E-state index in [1.807, 2.05) is 60.0 Å². The Balaban J connectivity index is 1.85. The third-order valence-corrected chi connectivity index (χ3v) is 5.40. The number of fused-ring (bicyclic) bond motifs is 1. The molecule has 27 heavy (non-hydrogen) atoms. The zero-order valence-corrected chi connectivity index (χ0v) is 17.5. The summed E-state index contributed by atoms with van der Waals surface area (Å²) in [7, 11) is 1.70. The van der Waals surface area contributed by atoms with Crippen LogP contribution in [0.4, 0.5) is 10.2 Å². The fourth-order valence-electron chi connectivity index (χ4n) is 3.24. The molecular weight excluding hydrogens is 458 g/mol. The van der Waals surface area contributed by atoms with E-state index in [1.165, 1.54) is 5.01 Å². The van der Waals surface area contributed by atoms with E-state index >= 15 is 0 Å². The molecule has 0 aliphatic rings. The van der Waals surface area contributed by atoms with Gasteiger partial charge in [0.25, 0.3) is 0 Å². The number of carbonyl (C=O) groups excluding carboxylic acids is 1. The molecule has 5 nitrogen and oxygen atoms in total. The average Bonchev–Trinajstić information content (AvgIpc) is 2.92. The van der Waals surface area contributed by atoms with Crippen molar-refractivity contribution in [2.75, 3.05) is 18.9 Å². The van der Waals surface area contributed by atoms with Crippen molar-refractivity contribution in [1.29, 1.82) is 0 Å². The number of anilines is 1. The van der Waals surface area contributed by atoms with Gasteiger partial charge < -0.3 is 9.88 Å². The third kappa shape index (κ3) is 4.66. The third-order valence-electron chi connectivity index (χ3n) is 4.66. The molecule has 0 aliphatic carbocycles. The fraction of sp³-hybridized carbons (Fsp3) is 0.250. The van der Waals surface area contributed by atoms with Crippen molar-refractivity contribution in [2.45, 2.75) is 19.9 Å². The van der Waals surface area contributed by atoms with Gasteiger partial charge in [-0.05, 0) is 40.6 Å². The first kappa shape index (κ1) is 19.8. The number of nitrogens with one attached hydrogen (secondary N) is 1. The SMILES string of the molecule is Cc1c(CCN(C)N(F)I)c2ccccc2n1CC(=O)Nc1ccccc1. The summed E-state index contributed by atoms with van der Waals surface area (Å²) in [5, 5.41) is 5.55. The lowest BCUT2D eigenvalue weighted by Crippen LogP contribution is -2.28. The molecule has 3 rings (SSSR count). The van der Waals surface area contributed by atoms with E-state index in [0.717, 1.165) is 27.8 Å². The fourth-order valence-corrected chi connectivity index (χ4v) is 3.45. The summed E-state index contributed by atoms with van der Waals surface area (Å²) in [4.78, 5) is 12.5. The van der Waals surface area contributed by atoms with Crippen molar-refractivity contribution >= 4 is 45.4 Å². The number of aromatic nitrogens is 1. The maximum Gasteiger partial charge on any atom is 0.244 e. The molecule has 0 unspecified atom stereocenters. The summed E-state index contributed by atoms with van der Waals surface area (Å²) < 4.78 is 15.9. The minimum atomic E-state index is -0.0732. The molecule has 0 aliphatic heterocycles. The molecule has 0 atom stereocenters. The molecule has 142 valence electrons. The predicted octanol–water partition coefficient (Wildman–Crippen LogP) is 4.51. The second-order valence-electron chi connectivity index (χ2n) is 6.43. The van der Waals surface area contributed by atoms with Crippen LogP contribution in [-0.4, -0.2) is 32.5 Å². The Morgan fingerprint density at radius 3 is 2.52 bits per heavy atom. The Kier molecular flexibility index (Phi) is 6.46. The maximum atomic E-state index is 13.3. The Bertz CT molecular complexity index is 926. The van der Waals surface area contributed by atoms with Gasteiger partial charge in [0, 0.05) is 35.9 Å². The summed E-state index contributed by atoms with van der Waals surface area (Å²) in [6, 6.07) is 17.5. The Labute approximate surface area is 172 Å². The van der Waals surface area contributed by atoms with Gasteiger partial charge in [0.05, 0.1) is 22.9 Å². The second-order valence-corrected chi connectivity index (χ2v) is 7.22. The Morgan fingerprint density at radius 1 is 1.15 bits per heavy atom. The highest BCUT2D eigenvalue weighted by atomic mass is 127. The van der Waals surface area contributed by atoms with Crippen LogP contribution in [0.25, 0.3) is 10.9 Å². The molecule has 1 aromatic heterocycles. The van der Waals surface area contributed by atoms with E-state index in [4.69, 9.17) is 0 Å². The summed E-state index contributed by atoms with van der Waals surface area (Å²) in [6.45, 7) is 2.80. The minimum absolute atomic E-state index is 0.0732. The van der Waals surface area contributed by atoms with Crippen LogP contribution in [0.15, 0.2) is 54.6 Å². The number of likely N-dealkylation sites (N-methyl/N-ethyl adjacent to an activating group) is 1. The van der Waals surface area contributed by atoms with Gasteiger partial charge in [0.1, 0.15) is 6.54 Å². The number of carbonyl (C=O) groups is 1. The van der Waals surface area contributed by atoms with Crippen LogP contribution >= 0.6 is 22.9 Å². The van der Waals surface area contributed by atoms with Crippen LogP contribution in [0, 0.1) is 6.92 Å². The summed E-state index contributed by atoms with van der Waals surface area (Å²) in [5.74, 6) is -0.0732. The van der Waals surface area contributed by atoms with E-state index < -0.39 is 0 Å². The van der Waals surface area contributed by atoms with Gasteiger partial charge >= 0.3 is 0 Å². The summed E-state index contributed by atoms with van der Waals surface area (Å²) in [6.07, 6.45) is 0.694. The molecule has 1 amide bonds. The largest absolute Gasteiger partial charge is 0.335 e. The van der Waals surface area contributed by atoms with Crippen molar-refractivity contribution in [3.05, 3.63) is 65.9 Å². The van der Waals surface area contributed by atoms with E-state index in [2.05, 4.69) is 11.4 Å². The molecule has 1 heterocycles. The highest BCUT2D eigenvalue weighted by Crippen LogP contribution is 2.27. The standard InChI is InChI=1S/C20H22FIN4O/c1-15-17(12-13-24(2)26(21)22)18-10-6-7-11-19(18)25(15)14-20(27)23-16-8-4-3-5-9-16/h3-11H,12-14H2,1-2H3,(H,23,27). The van der Waals surface area contributed by atoms with Crippen molar-refractivity contribution in [3.63, 3.8) is 0 Å². The number of rotatable bonds is 7. The lowest BCUT2D eigenvalue weighted by atomic mass is 10.1. The molecule has 0 bridgehead atoms. The van der Waals surface area contributed by atoms with Crippen LogP contribution in [-0.2, 0) is 17.8 Å². The van der Waals surface area contributed by atoms with Crippen LogP contribution in [0.1, 0.15) is 11.3 Å². The number of hydrazine groups is 1. The number of benzene rings is 2. The molecule has 0 saturated carbocycles. The van der Waals surface area contributed by atoms with Crippen LogP contribution in [0.2, 0.25) is 0 Å². The summed E-state index contributed by atoms with van der Waals surface area (Å²) >= 11 is 1.60. The highest BCUT2D eigenvalue weighted by molar-refractivity contribution is 14.1. The summed E-state index contributed by atoms with van der Waals surface area (Å²) in [5.41, 5.74) is 3.97. The van der Waals surface area contributed by atoms with Gasteiger partial charge in [-0.2, -0.15) is 0 Å². The lowest BCUT2D eigenvalue weighted by Gasteiger charge is -2.17. The molecule has 3 aromatic rings. The van der Waals surface area contributed by atoms with Gasteiger partial charge in [-0.25, -0.2) is 5.01 Å². The van der Waals surface area contributed by atoms with E-state index in [1.54, 1.807) is 29.9 Å². The van der Waals surface area contributed by atoms with Crippen molar-refractivity contribution in [1.82, 2.24) is 13.0 Å². The molecule has 7 heteroatoms. The van der Waals surface area contributed by atoms with Gasteiger partial charge in [0.15, 0.2) is 0 Å². The van der Waals surface area contributed by atoms with Crippen molar-refractivity contribution < 1.29 is 9.28 Å². The smallest absolute Gasteiger partial charge is 0.244 e. The average molecular weight is 480 g/mol. The normalized spacial score (nSPS) is 11.5. The van der Waals surface area contributed by atoms with E-state index in [0.29, 0.717) is 16.4 Å². The first-order valence-electron chi connectivity index (χ1n) is 8.71. The van der Waals surface area contributed by atoms with E-state index in [9.17, 15) is 9.28 Å². The molecular formula is C20H22FIN4O. The van der Waals surface area contributed by atoms with Crippen molar-refractivity contribution in [2.24, 2.45) is 0 Å². The Hall–Kier alpha value is -1.97. The topological polar surface area (TPSA) is 40.5 Å².